The molecule has 3 aromatic rings. The average Bonchev–Trinajstić information content (AvgIpc) is 3.43. The molecule has 1 aliphatic heterocycles. The number of carbonyl (C=O) groups excluding carboxylic acids is 3. The number of imide groups is 1. The molecule has 0 bridgehead atoms. The van der Waals surface area contributed by atoms with Crippen molar-refractivity contribution >= 4 is 45.8 Å². The van der Waals surface area contributed by atoms with E-state index in [9.17, 15) is 14.4 Å². The fourth-order valence-corrected chi connectivity index (χ4v) is 4.69. The Morgan fingerprint density at radius 2 is 1.90 bits per heavy atom. The van der Waals surface area contributed by atoms with E-state index in [1.165, 1.54) is 4.90 Å². The highest BCUT2D eigenvalue weighted by atomic mass is 32.2. The number of rotatable bonds is 7. The SMILES string of the molecule is COc1ccc(N(Cc2cccs2)C(=O)c2cccc(CN3C(=O)CSC3=O)c2)cc1. The zero-order chi connectivity index (χ0) is 21.8. The van der Waals surface area contributed by atoms with Crippen LogP contribution in [0.25, 0.3) is 0 Å². The molecule has 2 heterocycles. The molecule has 3 amide bonds. The van der Waals surface area contributed by atoms with E-state index < -0.39 is 0 Å². The second kappa shape index (κ2) is 9.36. The summed E-state index contributed by atoms with van der Waals surface area (Å²) in [7, 11) is 1.60. The molecule has 158 valence electrons. The van der Waals surface area contributed by atoms with Crippen molar-refractivity contribution in [3.63, 3.8) is 0 Å². The van der Waals surface area contributed by atoms with Crippen LogP contribution in [0.3, 0.4) is 0 Å². The number of methoxy groups -OCH3 is 1. The predicted octanol–water partition coefficient (Wildman–Crippen LogP) is 4.80. The van der Waals surface area contributed by atoms with Gasteiger partial charge < -0.3 is 9.64 Å². The fraction of sp³-hybridized carbons (Fsp3) is 0.174. The van der Waals surface area contributed by atoms with Gasteiger partial charge in [0.2, 0.25) is 5.91 Å². The van der Waals surface area contributed by atoms with Gasteiger partial charge in [0.1, 0.15) is 5.75 Å². The van der Waals surface area contributed by atoms with Crippen molar-refractivity contribution in [2.75, 3.05) is 17.8 Å². The molecule has 4 rings (SSSR count). The van der Waals surface area contributed by atoms with Gasteiger partial charge >= 0.3 is 0 Å². The summed E-state index contributed by atoms with van der Waals surface area (Å²) in [5.74, 6) is 0.522. The number of ether oxygens (including phenoxy) is 1. The van der Waals surface area contributed by atoms with E-state index in [1.54, 1.807) is 41.5 Å². The Balaban J connectivity index is 1.61. The van der Waals surface area contributed by atoms with Crippen LogP contribution in [-0.4, -0.2) is 34.8 Å². The predicted molar refractivity (Wildman–Crippen MR) is 123 cm³/mol. The van der Waals surface area contributed by atoms with Crippen molar-refractivity contribution in [2.45, 2.75) is 13.1 Å². The molecule has 6 nitrogen and oxygen atoms in total. The number of thiophene rings is 1. The summed E-state index contributed by atoms with van der Waals surface area (Å²) in [6.45, 7) is 0.603. The van der Waals surface area contributed by atoms with Gasteiger partial charge in [0, 0.05) is 16.1 Å². The van der Waals surface area contributed by atoms with Crippen molar-refractivity contribution in [3.05, 3.63) is 82.0 Å². The summed E-state index contributed by atoms with van der Waals surface area (Å²) in [4.78, 5) is 41.3. The topological polar surface area (TPSA) is 66.9 Å². The average molecular weight is 453 g/mol. The lowest BCUT2D eigenvalue weighted by Crippen LogP contribution is -2.30. The van der Waals surface area contributed by atoms with Gasteiger partial charge in [-0.3, -0.25) is 19.3 Å². The Bertz CT molecular complexity index is 1080. The molecule has 31 heavy (non-hydrogen) atoms. The van der Waals surface area contributed by atoms with Gasteiger partial charge in [0.15, 0.2) is 0 Å². The molecular weight excluding hydrogens is 432 g/mol. The zero-order valence-corrected chi connectivity index (χ0v) is 18.4. The molecule has 1 aliphatic rings. The maximum Gasteiger partial charge on any atom is 0.289 e. The molecule has 0 unspecified atom stereocenters. The number of benzene rings is 2. The summed E-state index contributed by atoms with van der Waals surface area (Å²) >= 11 is 2.59. The Morgan fingerprint density at radius 1 is 1.10 bits per heavy atom. The molecule has 0 radical (unpaired) electrons. The number of anilines is 1. The first-order valence-electron chi connectivity index (χ1n) is 9.59. The Hall–Kier alpha value is -3.10. The molecule has 0 N–H and O–H groups in total. The molecule has 0 saturated carbocycles. The molecule has 8 heteroatoms. The molecule has 1 fully saturated rings. The van der Waals surface area contributed by atoms with E-state index in [4.69, 9.17) is 4.74 Å². The summed E-state index contributed by atoms with van der Waals surface area (Å²) < 4.78 is 5.23. The van der Waals surface area contributed by atoms with E-state index in [1.807, 2.05) is 47.8 Å². The number of amides is 3. The van der Waals surface area contributed by atoms with Crippen LogP contribution in [-0.2, 0) is 17.9 Å². The quantitative estimate of drug-likeness (QED) is 0.515. The number of hydrogen-bond acceptors (Lipinski definition) is 6. The first-order chi connectivity index (χ1) is 15.0. The highest BCUT2D eigenvalue weighted by Crippen LogP contribution is 2.26. The third-order valence-corrected chi connectivity index (χ3v) is 6.60. The highest BCUT2D eigenvalue weighted by Gasteiger charge is 2.30. The van der Waals surface area contributed by atoms with Gasteiger partial charge in [-0.25, -0.2) is 0 Å². The van der Waals surface area contributed by atoms with Crippen LogP contribution in [0.2, 0.25) is 0 Å². The van der Waals surface area contributed by atoms with Crippen molar-refractivity contribution in [1.82, 2.24) is 4.90 Å². The van der Waals surface area contributed by atoms with Crippen molar-refractivity contribution in [3.8, 4) is 5.75 Å². The maximum absolute atomic E-state index is 13.5. The summed E-state index contributed by atoms with van der Waals surface area (Å²) in [6.07, 6.45) is 0. The van der Waals surface area contributed by atoms with Crippen LogP contribution >= 0.6 is 23.1 Å². The monoisotopic (exact) mass is 452 g/mol. The molecule has 2 aromatic carbocycles. The smallest absolute Gasteiger partial charge is 0.289 e. The summed E-state index contributed by atoms with van der Waals surface area (Å²) in [5, 5.41) is 1.73. The van der Waals surface area contributed by atoms with Gasteiger partial charge in [-0.05, 0) is 53.4 Å². The molecule has 0 spiro atoms. The number of hydrogen-bond donors (Lipinski definition) is 0. The standard InChI is InChI=1S/C23H20N2O4S2/c1-29-19-9-7-18(8-10-19)24(14-20-6-3-11-30-20)22(27)17-5-2-4-16(12-17)13-25-21(26)15-31-23(25)28/h2-12H,13-15H2,1H3. The Morgan fingerprint density at radius 3 is 2.55 bits per heavy atom. The van der Waals surface area contributed by atoms with Crippen molar-refractivity contribution in [2.24, 2.45) is 0 Å². The number of nitrogens with zero attached hydrogens (tertiary/aromatic N) is 2. The van der Waals surface area contributed by atoms with Gasteiger partial charge in [0.05, 0.1) is 26.0 Å². The van der Waals surface area contributed by atoms with Crippen LogP contribution in [0.1, 0.15) is 20.8 Å². The molecule has 1 aromatic heterocycles. The van der Waals surface area contributed by atoms with Crippen LogP contribution < -0.4 is 9.64 Å². The minimum atomic E-state index is -0.251. The minimum absolute atomic E-state index is 0.158. The van der Waals surface area contributed by atoms with Crippen LogP contribution in [0, 0.1) is 0 Å². The molecule has 0 aliphatic carbocycles. The van der Waals surface area contributed by atoms with Crippen molar-refractivity contribution < 1.29 is 19.1 Å². The summed E-state index contributed by atoms with van der Waals surface area (Å²) in [5.41, 5.74) is 1.99. The number of thioether (sulfide) groups is 1. The first-order valence-corrected chi connectivity index (χ1v) is 11.5. The van der Waals surface area contributed by atoms with E-state index in [0.29, 0.717) is 17.9 Å². The van der Waals surface area contributed by atoms with Gasteiger partial charge in [-0.2, -0.15) is 0 Å². The Labute approximate surface area is 188 Å². The van der Waals surface area contributed by atoms with Gasteiger partial charge in [-0.1, -0.05) is 30.0 Å². The van der Waals surface area contributed by atoms with Crippen molar-refractivity contribution in [1.29, 1.82) is 0 Å². The third kappa shape index (κ3) is 4.81. The lowest BCUT2D eigenvalue weighted by molar-refractivity contribution is -0.125. The second-order valence-electron chi connectivity index (χ2n) is 6.90. The maximum atomic E-state index is 13.5. The van der Waals surface area contributed by atoms with Crippen LogP contribution in [0.5, 0.6) is 5.75 Å². The molecule has 0 atom stereocenters. The number of carbonyl (C=O) groups is 3. The van der Waals surface area contributed by atoms with Crippen LogP contribution in [0.15, 0.2) is 66.0 Å². The van der Waals surface area contributed by atoms with E-state index >= 15 is 0 Å². The largest absolute Gasteiger partial charge is 0.497 e. The van der Waals surface area contributed by atoms with Gasteiger partial charge in [0.25, 0.3) is 11.1 Å². The normalized spacial score (nSPS) is 13.5. The molecule has 1 saturated heterocycles. The van der Waals surface area contributed by atoms with E-state index in [0.717, 1.165) is 27.9 Å². The van der Waals surface area contributed by atoms with E-state index in [2.05, 4.69) is 0 Å². The second-order valence-corrected chi connectivity index (χ2v) is 8.86. The minimum Gasteiger partial charge on any atom is -0.497 e. The highest BCUT2D eigenvalue weighted by molar-refractivity contribution is 8.14. The molecular formula is C23H20N2O4S2. The Kier molecular flexibility index (Phi) is 6.39. The van der Waals surface area contributed by atoms with Gasteiger partial charge in [-0.15, -0.1) is 11.3 Å². The zero-order valence-electron chi connectivity index (χ0n) is 16.8. The fourth-order valence-electron chi connectivity index (χ4n) is 3.28. The van der Waals surface area contributed by atoms with E-state index in [-0.39, 0.29) is 29.4 Å². The van der Waals surface area contributed by atoms with Crippen LogP contribution in [0.4, 0.5) is 10.5 Å². The third-order valence-electron chi connectivity index (χ3n) is 4.88. The summed E-state index contributed by atoms with van der Waals surface area (Å²) in [6, 6.07) is 18.4. The first kappa shape index (κ1) is 21.1. The lowest BCUT2D eigenvalue weighted by Gasteiger charge is -2.23. The lowest BCUT2D eigenvalue weighted by atomic mass is 10.1.